The van der Waals surface area contributed by atoms with Gasteiger partial charge in [0.05, 0.1) is 0 Å². The Balaban J connectivity index is 1.18. The molecule has 5 rings (SSSR count). The summed E-state index contributed by atoms with van der Waals surface area (Å²) in [5.74, 6) is 0.00859. The number of imide groups is 1. The number of hydrogen-bond donors (Lipinski definition) is 0. The third-order valence-electron chi connectivity index (χ3n) is 6.45. The van der Waals surface area contributed by atoms with Crippen LogP contribution in [0.2, 0.25) is 5.02 Å². The molecule has 3 aromatic rings. The van der Waals surface area contributed by atoms with Gasteiger partial charge in [-0.25, -0.2) is 0 Å². The first-order valence-electron chi connectivity index (χ1n) is 11.1. The van der Waals surface area contributed by atoms with Crippen molar-refractivity contribution in [2.75, 3.05) is 26.2 Å². The van der Waals surface area contributed by atoms with Gasteiger partial charge in [-0.05, 0) is 54.6 Å². The quantitative estimate of drug-likeness (QED) is 0.285. The molecule has 5 heteroatoms. The van der Waals surface area contributed by atoms with Gasteiger partial charge >= 0.3 is 0 Å². The van der Waals surface area contributed by atoms with Crippen molar-refractivity contribution in [3.05, 3.63) is 94.5 Å². The van der Waals surface area contributed by atoms with Crippen molar-refractivity contribution in [1.29, 1.82) is 0 Å². The maximum atomic E-state index is 13.0. The van der Waals surface area contributed by atoms with Gasteiger partial charge < -0.3 is 0 Å². The first kappa shape index (κ1) is 20.9. The van der Waals surface area contributed by atoms with Crippen LogP contribution in [0.5, 0.6) is 0 Å². The van der Waals surface area contributed by atoms with E-state index >= 15 is 0 Å². The number of benzene rings is 3. The van der Waals surface area contributed by atoms with Crippen molar-refractivity contribution in [2.45, 2.75) is 18.8 Å². The van der Waals surface area contributed by atoms with Crippen LogP contribution >= 0.6 is 11.6 Å². The number of unbranched alkanes of at least 4 members (excludes halogenated alkanes) is 1. The van der Waals surface area contributed by atoms with Gasteiger partial charge in [0, 0.05) is 47.1 Å². The van der Waals surface area contributed by atoms with Gasteiger partial charge in [-0.2, -0.15) is 0 Å². The number of halogens is 1. The van der Waals surface area contributed by atoms with Crippen molar-refractivity contribution in [1.82, 2.24) is 9.80 Å². The van der Waals surface area contributed by atoms with Gasteiger partial charge in [0.1, 0.15) is 0 Å². The van der Waals surface area contributed by atoms with Gasteiger partial charge in [-0.1, -0.05) is 60.2 Å². The minimum atomic E-state index is -0.178. The van der Waals surface area contributed by atoms with E-state index in [2.05, 4.69) is 29.2 Å². The lowest BCUT2D eigenvalue weighted by molar-refractivity contribution is 0.0606. The third kappa shape index (κ3) is 3.96. The Bertz CT molecular complexity index is 1150. The highest BCUT2D eigenvalue weighted by atomic mass is 35.5. The summed E-state index contributed by atoms with van der Waals surface area (Å²) >= 11 is 6.02. The van der Waals surface area contributed by atoms with Gasteiger partial charge in [0.15, 0.2) is 0 Å². The Morgan fingerprint density at radius 1 is 0.844 bits per heavy atom. The van der Waals surface area contributed by atoms with E-state index in [1.165, 1.54) is 10.5 Å². The largest absolute Gasteiger partial charge is 0.299 e. The van der Waals surface area contributed by atoms with E-state index < -0.39 is 0 Å². The summed E-state index contributed by atoms with van der Waals surface area (Å²) in [5, 5.41) is 2.48. The molecule has 0 aromatic heterocycles. The van der Waals surface area contributed by atoms with E-state index in [9.17, 15) is 9.59 Å². The highest BCUT2D eigenvalue weighted by molar-refractivity contribution is 6.30. The Kier molecular flexibility index (Phi) is 5.81. The molecule has 1 unspecified atom stereocenters. The Morgan fingerprint density at radius 3 is 2.19 bits per heavy atom. The Labute approximate surface area is 193 Å². The number of carbonyl (C=O) groups excluding carboxylic acids is 2. The molecule has 0 bridgehead atoms. The molecule has 1 atom stereocenters. The fourth-order valence-corrected chi connectivity index (χ4v) is 4.91. The van der Waals surface area contributed by atoms with Crippen LogP contribution < -0.4 is 0 Å². The van der Waals surface area contributed by atoms with Gasteiger partial charge in [-0.3, -0.25) is 19.4 Å². The van der Waals surface area contributed by atoms with E-state index in [1.807, 2.05) is 48.5 Å². The molecule has 0 saturated heterocycles. The lowest BCUT2D eigenvalue weighted by atomic mass is 9.94. The zero-order valence-electron chi connectivity index (χ0n) is 17.8. The van der Waals surface area contributed by atoms with Crippen molar-refractivity contribution in [3.63, 3.8) is 0 Å². The second-order valence-corrected chi connectivity index (χ2v) is 8.96. The first-order valence-corrected chi connectivity index (χ1v) is 11.5. The van der Waals surface area contributed by atoms with Crippen LogP contribution in [-0.4, -0.2) is 47.8 Å². The van der Waals surface area contributed by atoms with Crippen LogP contribution in [0.1, 0.15) is 45.0 Å². The topological polar surface area (TPSA) is 40.6 Å². The number of rotatable bonds is 6. The minimum absolute atomic E-state index is 0.178. The van der Waals surface area contributed by atoms with E-state index in [-0.39, 0.29) is 11.8 Å². The fourth-order valence-electron chi connectivity index (χ4n) is 4.79. The summed E-state index contributed by atoms with van der Waals surface area (Å²) in [6.45, 7) is 3.29. The van der Waals surface area contributed by atoms with E-state index in [4.69, 9.17) is 11.6 Å². The Hall–Kier alpha value is -2.95. The molecule has 0 radical (unpaired) electrons. The predicted molar refractivity (Wildman–Crippen MR) is 128 cm³/mol. The molecule has 2 aliphatic heterocycles. The second-order valence-electron chi connectivity index (χ2n) is 8.52. The average molecular weight is 445 g/mol. The highest BCUT2D eigenvalue weighted by Crippen LogP contribution is 2.30. The zero-order chi connectivity index (χ0) is 22.1. The molecule has 0 fully saturated rings. The van der Waals surface area contributed by atoms with Crippen LogP contribution in [-0.2, 0) is 0 Å². The standard InChI is InChI=1S/C27H25ClN2O2/c28-22-13-11-19(12-14-22)21-8-5-16-29(18-21)15-1-2-17-30-26(31)23-9-3-6-20-7-4-10-24(25(20)23)27(30)32/h3-14,21H,1-2,15-18H2. The van der Waals surface area contributed by atoms with Crippen LogP contribution in [0.15, 0.2) is 72.8 Å². The SMILES string of the molecule is O=C1c2cccc3cccc(c23)C(=O)N1CCCCN1CC=CC(c2ccc(Cl)cc2)C1. The van der Waals surface area contributed by atoms with Gasteiger partial charge in [-0.15, -0.1) is 0 Å². The number of hydrogen-bond acceptors (Lipinski definition) is 3. The highest BCUT2D eigenvalue weighted by Gasteiger charge is 2.32. The third-order valence-corrected chi connectivity index (χ3v) is 6.70. The van der Waals surface area contributed by atoms with Gasteiger partial charge in [0.2, 0.25) is 0 Å². The summed E-state index contributed by atoms with van der Waals surface area (Å²) in [5.41, 5.74) is 2.53. The molecular weight excluding hydrogens is 420 g/mol. The average Bonchev–Trinajstić information content (AvgIpc) is 2.82. The number of amides is 2. The lowest BCUT2D eigenvalue weighted by Gasteiger charge is -2.30. The first-order chi connectivity index (χ1) is 15.6. The fraction of sp³-hybridized carbons (Fsp3) is 0.259. The molecule has 0 saturated carbocycles. The molecule has 2 aliphatic rings. The Morgan fingerprint density at radius 2 is 1.50 bits per heavy atom. The monoisotopic (exact) mass is 444 g/mol. The number of carbonyl (C=O) groups is 2. The summed E-state index contributed by atoms with van der Waals surface area (Å²) in [6.07, 6.45) is 6.21. The van der Waals surface area contributed by atoms with Crippen LogP contribution in [0, 0.1) is 0 Å². The minimum Gasteiger partial charge on any atom is -0.299 e. The molecule has 0 spiro atoms. The predicted octanol–water partition coefficient (Wildman–Crippen LogP) is 5.53. The molecule has 32 heavy (non-hydrogen) atoms. The number of nitrogens with zero attached hydrogens (tertiary/aromatic N) is 2. The molecular formula is C27H25ClN2O2. The molecule has 2 heterocycles. The van der Waals surface area contributed by atoms with Crippen molar-refractivity contribution in [2.24, 2.45) is 0 Å². The summed E-state index contributed by atoms with van der Waals surface area (Å²) in [7, 11) is 0. The molecule has 2 amide bonds. The van der Waals surface area contributed by atoms with Crippen molar-refractivity contribution < 1.29 is 9.59 Å². The smallest absolute Gasteiger partial charge is 0.261 e. The summed E-state index contributed by atoms with van der Waals surface area (Å²) in [6, 6.07) is 19.4. The zero-order valence-corrected chi connectivity index (χ0v) is 18.6. The van der Waals surface area contributed by atoms with Gasteiger partial charge in [0.25, 0.3) is 11.8 Å². The van der Waals surface area contributed by atoms with Crippen LogP contribution in [0.3, 0.4) is 0 Å². The second kappa shape index (κ2) is 8.89. The molecule has 0 aliphatic carbocycles. The maximum Gasteiger partial charge on any atom is 0.261 e. The van der Waals surface area contributed by atoms with Crippen molar-refractivity contribution >= 4 is 34.2 Å². The molecule has 4 nitrogen and oxygen atoms in total. The van der Waals surface area contributed by atoms with E-state index in [0.29, 0.717) is 23.6 Å². The summed E-state index contributed by atoms with van der Waals surface area (Å²) in [4.78, 5) is 29.9. The summed E-state index contributed by atoms with van der Waals surface area (Å²) < 4.78 is 0. The normalized spacial score (nSPS) is 18.5. The molecule has 3 aromatic carbocycles. The van der Waals surface area contributed by atoms with Crippen molar-refractivity contribution in [3.8, 4) is 0 Å². The molecule has 162 valence electrons. The molecule has 0 N–H and O–H groups in total. The van der Waals surface area contributed by atoms with Crippen LogP contribution in [0.25, 0.3) is 10.8 Å². The lowest BCUT2D eigenvalue weighted by Crippen LogP contribution is -2.41. The van der Waals surface area contributed by atoms with E-state index in [1.54, 1.807) is 0 Å². The van der Waals surface area contributed by atoms with Crippen LogP contribution in [0.4, 0.5) is 0 Å². The maximum absolute atomic E-state index is 13.0. The van der Waals surface area contributed by atoms with E-state index in [0.717, 1.165) is 48.3 Å².